The maximum atomic E-state index is 2.58. The molecule has 0 spiro atoms. The molecule has 0 saturated carbocycles. The second-order valence-electron chi connectivity index (χ2n) is 5.79. The van der Waals surface area contributed by atoms with Gasteiger partial charge >= 0.3 is 0 Å². The highest BCUT2D eigenvalue weighted by molar-refractivity contribution is 5.46. The van der Waals surface area contributed by atoms with E-state index in [9.17, 15) is 0 Å². The first-order valence-electron chi connectivity index (χ1n) is 7.98. The van der Waals surface area contributed by atoms with Crippen LogP contribution in [-0.4, -0.2) is 31.1 Å². The molecule has 0 bridgehead atoms. The van der Waals surface area contributed by atoms with Crippen molar-refractivity contribution in [3.8, 4) is 0 Å². The summed E-state index contributed by atoms with van der Waals surface area (Å²) < 4.78 is 0. The Bertz CT molecular complexity index is 518. The Hall–Kier alpha value is -1.80. The summed E-state index contributed by atoms with van der Waals surface area (Å²) in [7, 11) is 0. The molecule has 0 amide bonds. The van der Waals surface area contributed by atoms with Gasteiger partial charge in [0.25, 0.3) is 0 Å². The van der Waals surface area contributed by atoms with Crippen molar-refractivity contribution in [1.82, 2.24) is 4.90 Å². The average molecular weight is 280 g/mol. The lowest BCUT2D eigenvalue weighted by atomic mass is 10.2. The van der Waals surface area contributed by atoms with Crippen LogP contribution in [0.4, 0.5) is 5.69 Å². The molecule has 0 atom stereocenters. The van der Waals surface area contributed by atoms with Gasteiger partial charge in [0.15, 0.2) is 0 Å². The van der Waals surface area contributed by atoms with Crippen LogP contribution in [0.5, 0.6) is 0 Å². The minimum Gasteiger partial charge on any atom is -0.366 e. The summed E-state index contributed by atoms with van der Waals surface area (Å²) in [5.41, 5.74) is 2.70. The highest BCUT2D eigenvalue weighted by Gasteiger charge is 2.13. The van der Waals surface area contributed by atoms with Crippen molar-refractivity contribution >= 4 is 5.69 Å². The lowest BCUT2D eigenvalue weighted by Crippen LogP contribution is -2.33. The summed E-state index contributed by atoms with van der Waals surface area (Å²) >= 11 is 0. The molecule has 110 valence electrons. The van der Waals surface area contributed by atoms with Gasteiger partial charge in [-0.2, -0.15) is 0 Å². The molecule has 0 aromatic heterocycles. The van der Waals surface area contributed by atoms with Gasteiger partial charge in [0.1, 0.15) is 0 Å². The van der Waals surface area contributed by atoms with Crippen LogP contribution in [0.15, 0.2) is 60.7 Å². The quantitative estimate of drug-likeness (QED) is 0.794. The minimum atomic E-state index is 0.985. The summed E-state index contributed by atoms with van der Waals surface area (Å²) in [5.74, 6) is 0. The highest BCUT2D eigenvalue weighted by Crippen LogP contribution is 2.17. The fourth-order valence-electron chi connectivity index (χ4n) is 3.01. The average Bonchev–Trinajstić information content (AvgIpc) is 3.07. The van der Waals surface area contributed by atoms with E-state index >= 15 is 0 Å². The number of likely N-dealkylation sites (tertiary alicyclic amines) is 1. The SMILES string of the molecule is c1ccc(CN(CCN2CCCC2)c2ccccc2)cc1. The van der Waals surface area contributed by atoms with Gasteiger partial charge in [0.2, 0.25) is 0 Å². The molecule has 1 heterocycles. The molecule has 2 heteroatoms. The molecule has 2 nitrogen and oxygen atoms in total. The van der Waals surface area contributed by atoms with Gasteiger partial charge in [-0.3, -0.25) is 0 Å². The van der Waals surface area contributed by atoms with E-state index < -0.39 is 0 Å². The maximum absolute atomic E-state index is 2.58. The maximum Gasteiger partial charge on any atom is 0.0430 e. The number of hydrogen-bond donors (Lipinski definition) is 0. The Morgan fingerprint density at radius 3 is 2.10 bits per heavy atom. The summed E-state index contributed by atoms with van der Waals surface area (Å²) in [5, 5.41) is 0. The third-order valence-corrected chi connectivity index (χ3v) is 4.22. The first-order chi connectivity index (χ1) is 10.4. The highest BCUT2D eigenvalue weighted by atomic mass is 15.2. The third-order valence-electron chi connectivity index (χ3n) is 4.22. The molecule has 1 aliphatic rings. The summed E-state index contributed by atoms with van der Waals surface area (Å²) in [6.07, 6.45) is 2.73. The van der Waals surface area contributed by atoms with Crippen molar-refractivity contribution in [2.24, 2.45) is 0 Å². The molecular weight excluding hydrogens is 256 g/mol. The van der Waals surface area contributed by atoms with E-state index in [0.717, 1.165) is 13.1 Å². The monoisotopic (exact) mass is 280 g/mol. The predicted molar refractivity (Wildman–Crippen MR) is 89.6 cm³/mol. The van der Waals surface area contributed by atoms with E-state index in [1.54, 1.807) is 0 Å². The van der Waals surface area contributed by atoms with Crippen LogP contribution in [0.2, 0.25) is 0 Å². The van der Waals surface area contributed by atoms with Crippen molar-refractivity contribution in [1.29, 1.82) is 0 Å². The normalized spacial score (nSPS) is 15.2. The molecule has 1 saturated heterocycles. The standard InChI is InChI=1S/C19H24N2/c1-3-9-18(10-4-1)17-21(19-11-5-2-6-12-19)16-15-20-13-7-8-14-20/h1-6,9-12H,7-8,13-17H2. The van der Waals surface area contributed by atoms with Gasteiger partial charge in [-0.15, -0.1) is 0 Å². The first kappa shape index (κ1) is 14.2. The zero-order valence-corrected chi connectivity index (χ0v) is 12.6. The van der Waals surface area contributed by atoms with Gasteiger partial charge in [-0.05, 0) is 43.6 Å². The van der Waals surface area contributed by atoms with E-state index in [-0.39, 0.29) is 0 Å². The van der Waals surface area contributed by atoms with Crippen LogP contribution in [0.3, 0.4) is 0 Å². The summed E-state index contributed by atoms with van der Waals surface area (Å²) in [4.78, 5) is 5.08. The van der Waals surface area contributed by atoms with E-state index in [4.69, 9.17) is 0 Å². The molecule has 21 heavy (non-hydrogen) atoms. The topological polar surface area (TPSA) is 6.48 Å². The molecule has 1 fully saturated rings. The van der Waals surface area contributed by atoms with Gasteiger partial charge in [-0.25, -0.2) is 0 Å². The molecule has 1 aliphatic heterocycles. The Kier molecular flexibility index (Phi) is 4.90. The van der Waals surface area contributed by atoms with Crippen molar-refractivity contribution in [3.05, 3.63) is 66.2 Å². The predicted octanol–water partition coefficient (Wildman–Crippen LogP) is 3.79. The Labute approximate surface area is 128 Å². The fraction of sp³-hybridized carbons (Fsp3) is 0.368. The number of hydrogen-bond acceptors (Lipinski definition) is 2. The lowest BCUT2D eigenvalue weighted by Gasteiger charge is -2.27. The second-order valence-corrected chi connectivity index (χ2v) is 5.79. The smallest absolute Gasteiger partial charge is 0.0430 e. The van der Waals surface area contributed by atoms with E-state index in [1.807, 2.05) is 0 Å². The van der Waals surface area contributed by atoms with Crippen LogP contribution in [0.25, 0.3) is 0 Å². The van der Waals surface area contributed by atoms with E-state index in [2.05, 4.69) is 70.5 Å². The van der Waals surface area contributed by atoms with Crippen LogP contribution in [-0.2, 0) is 6.54 Å². The summed E-state index contributed by atoms with van der Waals surface area (Å²) in [6.45, 7) is 5.79. The van der Waals surface area contributed by atoms with E-state index in [0.29, 0.717) is 0 Å². The molecule has 0 radical (unpaired) electrons. The van der Waals surface area contributed by atoms with E-state index in [1.165, 1.54) is 43.7 Å². The van der Waals surface area contributed by atoms with Crippen molar-refractivity contribution in [2.75, 3.05) is 31.1 Å². The van der Waals surface area contributed by atoms with Gasteiger partial charge < -0.3 is 9.80 Å². The van der Waals surface area contributed by atoms with Crippen molar-refractivity contribution < 1.29 is 0 Å². The molecule has 3 rings (SSSR count). The zero-order chi connectivity index (χ0) is 14.3. The number of benzene rings is 2. The van der Waals surface area contributed by atoms with Gasteiger partial charge in [0, 0.05) is 25.3 Å². The van der Waals surface area contributed by atoms with Gasteiger partial charge in [-0.1, -0.05) is 48.5 Å². The Morgan fingerprint density at radius 1 is 0.810 bits per heavy atom. The Morgan fingerprint density at radius 2 is 1.43 bits per heavy atom. The molecule has 0 aliphatic carbocycles. The molecule has 2 aromatic carbocycles. The molecule has 0 unspecified atom stereocenters. The second kappa shape index (κ2) is 7.28. The van der Waals surface area contributed by atoms with Crippen molar-refractivity contribution in [3.63, 3.8) is 0 Å². The Balaban J connectivity index is 1.68. The number of para-hydroxylation sites is 1. The van der Waals surface area contributed by atoms with Crippen LogP contribution in [0, 0.1) is 0 Å². The molecular formula is C19H24N2. The third kappa shape index (κ3) is 4.08. The lowest BCUT2D eigenvalue weighted by molar-refractivity contribution is 0.344. The zero-order valence-electron chi connectivity index (χ0n) is 12.6. The van der Waals surface area contributed by atoms with Crippen LogP contribution >= 0.6 is 0 Å². The molecule has 0 N–H and O–H groups in total. The summed E-state index contributed by atoms with van der Waals surface area (Å²) in [6, 6.07) is 21.5. The minimum absolute atomic E-state index is 0.985. The number of nitrogens with zero attached hydrogens (tertiary/aromatic N) is 2. The van der Waals surface area contributed by atoms with Gasteiger partial charge in [0.05, 0.1) is 0 Å². The van der Waals surface area contributed by atoms with Crippen molar-refractivity contribution in [2.45, 2.75) is 19.4 Å². The van der Waals surface area contributed by atoms with Crippen LogP contribution < -0.4 is 4.90 Å². The fourth-order valence-corrected chi connectivity index (χ4v) is 3.01. The van der Waals surface area contributed by atoms with Crippen LogP contribution in [0.1, 0.15) is 18.4 Å². The largest absolute Gasteiger partial charge is 0.366 e. The number of anilines is 1. The molecule has 2 aromatic rings. The number of rotatable bonds is 6. The first-order valence-corrected chi connectivity index (χ1v) is 7.98.